The highest BCUT2D eigenvalue weighted by Crippen LogP contribution is 2.65. The highest BCUT2D eigenvalue weighted by atomic mass is 16.5. The molecule has 1 amide bonds. The lowest BCUT2D eigenvalue weighted by Crippen LogP contribution is -2.59. The third-order valence-electron chi connectivity index (χ3n) is 8.04. The molecule has 0 radical (unpaired) electrons. The zero-order valence-electron chi connectivity index (χ0n) is 17.9. The molecule has 160 valence electrons. The number of benzene rings is 1. The van der Waals surface area contributed by atoms with Gasteiger partial charge in [-0.1, -0.05) is 18.2 Å². The van der Waals surface area contributed by atoms with Gasteiger partial charge in [0.05, 0.1) is 19.1 Å². The van der Waals surface area contributed by atoms with Crippen molar-refractivity contribution in [1.82, 2.24) is 19.9 Å². The number of hydrogen-bond donors (Lipinski definition) is 1. The second-order valence-electron chi connectivity index (χ2n) is 9.98. The maximum Gasteiger partial charge on any atom is 0.226 e. The maximum atomic E-state index is 13.6. The Labute approximate surface area is 182 Å². The van der Waals surface area contributed by atoms with E-state index in [0.29, 0.717) is 18.4 Å². The summed E-state index contributed by atoms with van der Waals surface area (Å²) in [4.78, 5) is 13.6. The van der Waals surface area contributed by atoms with Crippen molar-refractivity contribution in [3.63, 3.8) is 0 Å². The van der Waals surface area contributed by atoms with Gasteiger partial charge in [-0.05, 0) is 85.6 Å². The fraction of sp³-hybridized carbons (Fsp3) is 0.480. The summed E-state index contributed by atoms with van der Waals surface area (Å²) in [7, 11) is 1.71. The Morgan fingerprint density at radius 2 is 1.87 bits per heavy atom. The Bertz CT molecular complexity index is 1120. The van der Waals surface area contributed by atoms with Crippen molar-refractivity contribution in [3.8, 4) is 5.75 Å². The van der Waals surface area contributed by atoms with Crippen LogP contribution in [0.5, 0.6) is 5.75 Å². The van der Waals surface area contributed by atoms with Gasteiger partial charge in [-0.25, -0.2) is 0 Å². The van der Waals surface area contributed by atoms with Crippen molar-refractivity contribution in [2.24, 2.45) is 17.3 Å². The van der Waals surface area contributed by atoms with Gasteiger partial charge in [0.15, 0.2) is 11.5 Å². The normalized spacial score (nSPS) is 31.1. The van der Waals surface area contributed by atoms with Crippen LogP contribution in [-0.4, -0.2) is 27.6 Å². The first-order chi connectivity index (χ1) is 15.1. The molecule has 7 rings (SSSR count). The topological polar surface area (TPSA) is 68.5 Å². The van der Waals surface area contributed by atoms with Gasteiger partial charge in [0.2, 0.25) is 5.91 Å². The van der Waals surface area contributed by atoms with E-state index >= 15 is 0 Å². The summed E-state index contributed by atoms with van der Waals surface area (Å²) >= 11 is 0. The molecule has 4 saturated carbocycles. The molecule has 1 N–H and O–H groups in total. The van der Waals surface area contributed by atoms with Crippen molar-refractivity contribution in [2.45, 2.75) is 50.5 Å². The molecule has 2 aromatic heterocycles. The van der Waals surface area contributed by atoms with Crippen LogP contribution in [0.3, 0.4) is 0 Å². The molecule has 2 unspecified atom stereocenters. The standard InChI is InChI=1S/C25H28N4O2/c1-31-20-7-5-19(6-8-20)24-11-17-10-18(12-24)14-25(13-17,16-24)23(30)26-15-22-28-27-21-4-2-3-9-29(21)22/h2-9,17-18H,10-16H2,1H3,(H,26,30). The van der Waals surface area contributed by atoms with Gasteiger partial charge in [0, 0.05) is 6.20 Å². The summed E-state index contributed by atoms with van der Waals surface area (Å²) in [6.45, 7) is 0.413. The summed E-state index contributed by atoms with van der Waals surface area (Å²) < 4.78 is 7.31. The van der Waals surface area contributed by atoms with Crippen molar-refractivity contribution in [1.29, 1.82) is 0 Å². The largest absolute Gasteiger partial charge is 0.497 e. The highest BCUT2D eigenvalue weighted by Gasteiger charge is 2.60. The lowest BCUT2D eigenvalue weighted by Gasteiger charge is -2.61. The molecule has 31 heavy (non-hydrogen) atoms. The van der Waals surface area contributed by atoms with Crippen LogP contribution >= 0.6 is 0 Å². The molecule has 0 saturated heterocycles. The van der Waals surface area contributed by atoms with Crippen LogP contribution in [0.1, 0.15) is 49.9 Å². The third kappa shape index (κ3) is 2.95. The smallest absolute Gasteiger partial charge is 0.226 e. The van der Waals surface area contributed by atoms with Gasteiger partial charge in [0.1, 0.15) is 5.75 Å². The molecule has 0 spiro atoms. The minimum Gasteiger partial charge on any atom is -0.497 e. The first-order valence-corrected chi connectivity index (χ1v) is 11.3. The van der Waals surface area contributed by atoms with Crippen LogP contribution in [-0.2, 0) is 16.8 Å². The lowest BCUT2D eigenvalue weighted by molar-refractivity contribution is -0.149. The Hall–Kier alpha value is -2.89. The highest BCUT2D eigenvalue weighted by molar-refractivity contribution is 5.83. The number of methoxy groups -OCH3 is 1. The van der Waals surface area contributed by atoms with Gasteiger partial charge in [-0.15, -0.1) is 10.2 Å². The molecule has 6 nitrogen and oxygen atoms in total. The van der Waals surface area contributed by atoms with E-state index in [4.69, 9.17) is 4.74 Å². The van der Waals surface area contributed by atoms with Crippen molar-refractivity contribution in [2.75, 3.05) is 7.11 Å². The van der Waals surface area contributed by atoms with E-state index in [1.54, 1.807) is 7.11 Å². The van der Waals surface area contributed by atoms with Crippen LogP contribution in [0.15, 0.2) is 48.7 Å². The van der Waals surface area contributed by atoms with Crippen LogP contribution in [0.2, 0.25) is 0 Å². The van der Waals surface area contributed by atoms with Gasteiger partial charge in [0.25, 0.3) is 0 Å². The van der Waals surface area contributed by atoms with Crippen LogP contribution in [0.4, 0.5) is 0 Å². The molecule has 4 fully saturated rings. The number of rotatable bonds is 5. The summed E-state index contributed by atoms with van der Waals surface area (Å²) in [6, 6.07) is 14.4. The van der Waals surface area contributed by atoms with E-state index in [-0.39, 0.29) is 16.7 Å². The summed E-state index contributed by atoms with van der Waals surface area (Å²) in [5, 5.41) is 11.7. The number of ether oxygens (including phenoxy) is 1. The number of fused-ring (bicyclic) bond motifs is 1. The summed E-state index contributed by atoms with van der Waals surface area (Å²) in [5.74, 6) is 3.15. The fourth-order valence-electron chi connectivity index (χ4n) is 7.17. The molecular weight excluding hydrogens is 388 g/mol. The minimum atomic E-state index is -0.259. The van der Waals surface area contributed by atoms with E-state index in [1.165, 1.54) is 24.8 Å². The van der Waals surface area contributed by atoms with Gasteiger partial charge >= 0.3 is 0 Å². The summed E-state index contributed by atoms with van der Waals surface area (Å²) in [5.41, 5.74) is 2.04. The fourth-order valence-corrected chi connectivity index (χ4v) is 7.17. The van der Waals surface area contributed by atoms with E-state index in [0.717, 1.165) is 36.5 Å². The van der Waals surface area contributed by atoms with E-state index in [9.17, 15) is 4.79 Å². The molecule has 0 aliphatic heterocycles. The van der Waals surface area contributed by atoms with Crippen molar-refractivity contribution >= 4 is 11.6 Å². The zero-order chi connectivity index (χ0) is 21.1. The second-order valence-corrected chi connectivity index (χ2v) is 9.98. The SMILES string of the molecule is COc1ccc(C23CC4CC(CC(C(=O)NCc5nnc6ccccn56)(C4)C2)C3)cc1. The predicted octanol–water partition coefficient (Wildman–Crippen LogP) is 3.89. The summed E-state index contributed by atoms with van der Waals surface area (Å²) in [6.07, 6.45) is 8.63. The van der Waals surface area contributed by atoms with Gasteiger partial charge in [-0.2, -0.15) is 0 Å². The quantitative estimate of drug-likeness (QED) is 0.685. The number of nitrogens with one attached hydrogen (secondary N) is 1. The molecule has 4 aliphatic carbocycles. The number of nitrogens with zero attached hydrogens (tertiary/aromatic N) is 3. The molecule has 3 aromatic rings. The average Bonchev–Trinajstić information content (AvgIpc) is 3.20. The number of carbonyl (C=O) groups excluding carboxylic acids is 1. The van der Waals surface area contributed by atoms with Gasteiger partial charge in [-0.3, -0.25) is 9.20 Å². The number of aromatic nitrogens is 3. The monoisotopic (exact) mass is 416 g/mol. The Morgan fingerprint density at radius 3 is 2.61 bits per heavy atom. The predicted molar refractivity (Wildman–Crippen MR) is 117 cm³/mol. The van der Waals surface area contributed by atoms with Crippen LogP contribution in [0, 0.1) is 17.3 Å². The molecule has 2 atom stereocenters. The lowest BCUT2D eigenvalue weighted by atomic mass is 9.42. The Balaban J connectivity index is 1.26. The Morgan fingerprint density at radius 1 is 1.10 bits per heavy atom. The zero-order valence-corrected chi connectivity index (χ0v) is 17.9. The van der Waals surface area contributed by atoms with Crippen molar-refractivity contribution in [3.05, 3.63) is 60.0 Å². The minimum absolute atomic E-state index is 0.120. The number of hydrogen-bond acceptors (Lipinski definition) is 4. The second kappa shape index (κ2) is 6.81. The van der Waals surface area contributed by atoms with Crippen LogP contribution < -0.4 is 10.1 Å². The molecule has 1 aromatic carbocycles. The maximum absolute atomic E-state index is 13.6. The first kappa shape index (κ1) is 18.8. The van der Waals surface area contributed by atoms with Crippen LogP contribution in [0.25, 0.3) is 5.65 Å². The number of carbonyl (C=O) groups is 1. The Kier molecular flexibility index (Phi) is 4.14. The average molecular weight is 417 g/mol. The molecule has 4 bridgehead atoms. The number of pyridine rings is 1. The molecular formula is C25H28N4O2. The van der Waals surface area contributed by atoms with Crippen molar-refractivity contribution < 1.29 is 9.53 Å². The molecule has 2 heterocycles. The van der Waals surface area contributed by atoms with Gasteiger partial charge < -0.3 is 10.1 Å². The first-order valence-electron chi connectivity index (χ1n) is 11.3. The molecule has 4 aliphatic rings. The van der Waals surface area contributed by atoms with E-state index in [1.807, 2.05) is 28.8 Å². The molecule has 6 heteroatoms. The van der Waals surface area contributed by atoms with E-state index in [2.05, 4.69) is 39.8 Å². The number of amides is 1. The van der Waals surface area contributed by atoms with E-state index < -0.39 is 0 Å². The third-order valence-corrected chi connectivity index (χ3v) is 8.04.